The van der Waals surface area contributed by atoms with E-state index in [1.54, 1.807) is 11.8 Å². The van der Waals surface area contributed by atoms with Gasteiger partial charge in [0.15, 0.2) is 0 Å². The number of piperidine rings is 1. The highest BCUT2D eigenvalue weighted by atomic mass is 16.6. The van der Waals surface area contributed by atoms with E-state index in [-0.39, 0.29) is 23.8 Å². The monoisotopic (exact) mass is 311 g/mol. The number of fused-ring (bicyclic) bond motifs is 2. The summed E-state index contributed by atoms with van der Waals surface area (Å²) in [7, 11) is 1.34. The molecule has 1 amide bonds. The summed E-state index contributed by atoms with van der Waals surface area (Å²) in [4.78, 5) is 26.2. The number of hydrogen-bond donors (Lipinski definition) is 1. The van der Waals surface area contributed by atoms with Gasteiger partial charge in [0, 0.05) is 6.04 Å². The van der Waals surface area contributed by atoms with Gasteiger partial charge in [-0.2, -0.15) is 0 Å². The largest absolute Gasteiger partial charge is 0.513 e. The summed E-state index contributed by atoms with van der Waals surface area (Å²) in [6, 6.07) is -0.416. The van der Waals surface area contributed by atoms with Crippen LogP contribution >= 0.6 is 0 Å². The van der Waals surface area contributed by atoms with E-state index in [1.807, 2.05) is 20.8 Å². The number of nitrogens with zero attached hydrogens (tertiary/aromatic N) is 1. The molecule has 0 aromatic carbocycles. The van der Waals surface area contributed by atoms with Crippen molar-refractivity contribution in [2.75, 3.05) is 7.11 Å². The summed E-state index contributed by atoms with van der Waals surface area (Å²) in [6.45, 7) is 7.02. The number of carbonyl (C=O) groups is 2. The minimum Gasteiger partial charge on any atom is -0.513 e. The number of amides is 1. The second-order valence-electron chi connectivity index (χ2n) is 6.99. The van der Waals surface area contributed by atoms with Gasteiger partial charge in [0.1, 0.15) is 5.60 Å². The molecule has 0 saturated carbocycles. The maximum atomic E-state index is 12.5. The average Bonchev–Trinajstić information content (AvgIpc) is 2.72. The molecule has 6 heteroatoms. The molecule has 22 heavy (non-hydrogen) atoms. The summed E-state index contributed by atoms with van der Waals surface area (Å²) in [6.07, 6.45) is 1.43. The van der Waals surface area contributed by atoms with E-state index in [2.05, 4.69) is 0 Å². The van der Waals surface area contributed by atoms with Crippen molar-refractivity contribution in [1.82, 2.24) is 4.90 Å². The minimum atomic E-state index is -0.604. The number of ether oxygens (including phenoxy) is 2. The van der Waals surface area contributed by atoms with Crippen LogP contribution < -0.4 is 0 Å². The molecule has 2 saturated heterocycles. The number of esters is 1. The van der Waals surface area contributed by atoms with Crippen LogP contribution in [0.15, 0.2) is 11.3 Å². The molecule has 0 radical (unpaired) electrons. The number of rotatable bonds is 1. The lowest BCUT2D eigenvalue weighted by molar-refractivity contribution is -0.148. The fraction of sp³-hybridized carbons (Fsp3) is 0.750. The highest BCUT2D eigenvalue weighted by Gasteiger charge is 2.51. The lowest BCUT2D eigenvalue weighted by atomic mass is 9.86. The molecule has 6 nitrogen and oxygen atoms in total. The summed E-state index contributed by atoms with van der Waals surface area (Å²) >= 11 is 0. The lowest BCUT2D eigenvalue weighted by Gasteiger charge is -2.40. The van der Waals surface area contributed by atoms with Crippen molar-refractivity contribution in [3.05, 3.63) is 11.3 Å². The van der Waals surface area contributed by atoms with E-state index >= 15 is 0 Å². The Labute approximate surface area is 131 Å². The molecule has 2 heterocycles. The SMILES string of the molecule is COC(=O)[C@H]1C/C(=C(/C)O)[C@@H]2CC[C@H]1N2C(=O)OC(C)(C)C. The maximum absolute atomic E-state index is 12.5. The number of allylic oxidation sites excluding steroid dienone is 1. The van der Waals surface area contributed by atoms with Gasteiger partial charge in [-0.15, -0.1) is 0 Å². The Kier molecular flexibility index (Phi) is 4.40. The Morgan fingerprint density at radius 1 is 1.27 bits per heavy atom. The molecule has 2 aliphatic rings. The molecule has 0 spiro atoms. The van der Waals surface area contributed by atoms with Gasteiger partial charge >= 0.3 is 12.1 Å². The summed E-state index contributed by atoms with van der Waals surface area (Å²) < 4.78 is 10.4. The standard InChI is InChI=1S/C16H25NO5/c1-9(18)10-8-11(14(19)21-5)13-7-6-12(10)17(13)15(20)22-16(2,3)4/h11-13,18H,6-8H2,1-5H3/b10-9+/t11-,12-,13+/m0/s1. The molecular formula is C16H25NO5. The van der Waals surface area contributed by atoms with E-state index < -0.39 is 17.6 Å². The van der Waals surface area contributed by atoms with Gasteiger partial charge in [-0.05, 0) is 52.5 Å². The molecule has 3 atom stereocenters. The summed E-state index contributed by atoms with van der Waals surface area (Å²) in [5.41, 5.74) is 0.127. The van der Waals surface area contributed by atoms with Crippen LogP contribution in [0.1, 0.15) is 47.0 Å². The number of hydrogen-bond acceptors (Lipinski definition) is 5. The minimum absolute atomic E-state index is 0.174. The van der Waals surface area contributed by atoms with Crippen molar-refractivity contribution in [2.24, 2.45) is 5.92 Å². The zero-order valence-corrected chi connectivity index (χ0v) is 13.9. The Balaban J connectivity index is 2.35. The third-order valence-electron chi connectivity index (χ3n) is 4.31. The van der Waals surface area contributed by atoms with Gasteiger partial charge in [0.05, 0.1) is 24.8 Å². The van der Waals surface area contributed by atoms with E-state index in [1.165, 1.54) is 7.11 Å². The molecule has 0 aromatic rings. The van der Waals surface area contributed by atoms with Crippen molar-refractivity contribution in [3.8, 4) is 0 Å². The fourth-order valence-corrected chi connectivity index (χ4v) is 3.44. The number of aliphatic hydroxyl groups is 1. The first-order valence-electron chi connectivity index (χ1n) is 7.63. The van der Waals surface area contributed by atoms with Crippen LogP contribution in [0.2, 0.25) is 0 Å². The van der Waals surface area contributed by atoms with Crippen LogP contribution in [0.3, 0.4) is 0 Å². The molecule has 2 bridgehead atoms. The van der Waals surface area contributed by atoms with Gasteiger partial charge in [-0.3, -0.25) is 9.69 Å². The molecule has 0 unspecified atom stereocenters. The Hall–Kier alpha value is -1.72. The van der Waals surface area contributed by atoms with Gasteiger partial charge in [-0.1, -0.05) is 0 Å². The molecule has 1 N–H and O–H groups in total. The van der Waals surface area contributed by atoms with Crippen LogP contribution in [-0.4, -0.2) is 46.9 Å². The van der Waals surface area contributed by atoms with E-state index in [0.29, 0.717) is 12.8 Å². The zero-order valence-electron chi connectivity index (χ0n) is 13.9. The van der Waals surface area contributed by atoms with Crippen LogP contribution in [0, 0.1) is 5.92 Å². The Bertz CT molecular complexity index is 501. The first-order chi connectivity index (χ1) is 10.2. The lowest BCUT2D eigenvalue weighted by Crippen LogP contribution is -2.53. The second kappa shape index (κ2) is 5.82. The number of aliphatic hydroxyl groups excluding tert-OH is 1. The van der Waals surface area contributed by atoms with Gasteiger partial charge in [-0.25, -0.2) is 4.79 Å². The predicted molar refractivity (Wildman–Crippen MR) is 80.3 cm³/mol. The first-order valence-corrected chi connectivity index (χ1v) is 7.63. The van der Waals surface area contributed by atoms with Gasteiger partial charge < -0.3 is 14.6 Å². The van der Waals surface area contributed by atoms with Crippen LogP contribution in [0.5, 0.6) is 0 Å². The third-order valence-corrected chi connectivity index (χ3v) is 4.31. The highest BCUT2D eigenvalue weighted by Crippen LogP contribution is 2.44. The van der Waals surface area contributed by atoms with Crippen LogP contribution in [0.4, 0.5) is 4.79 Å². The maximum Gasteiger partial charge on any atom is 0.411 e. The van der Waals surface area contributed by atoms with Crippen molar-refractivity contribution in [3.63, 3.8) is 0 Å². The summed E-state index contributed by atoms with van der Waals surface area (Å²) in [5.74, 6) is -0.626. The molecule has 2 fully saturated rings. The van der Waals surface area contributed by atoms with Crippen molar-refractivity contribution >= 4 is 12.1 Å². The number of methoxy groups -OCH3 is 1. The topological polar surface area (TPSA) is 76.1 Å². The van der Waals surface area contributed by atoms with Crippen molar-refractivity contribution in [1.29, 1.82) is 0 Å². The molecule has 0 aromatic heterocycles. The van der Waals surface area contributed by atoms with Crippen LogP contribution in [-0.2, 0) is 14.3 Å². The Morgan fingerprint density at radius 3 is 2.41 bits per heavy atom. The van der Waals surface area contributed by atoms with E-state index in [9.17, 15) is 14.7 Å². The predicted octanol–water partition coefficient (Wildman–Crippen LogP) is 2.78. The molecular weight excluding hydrogens is 286 g/mol. The van der Waals surface area contributed by atoms with E-state index in [4.69, 9.17) is 9.47 Å². The molecule has 2 rings (SSSR count). The highest BCUT2D eigenvalue weighted by molar-refractivity contribution is 5.77. The van der Waals surface area contributed by atoms with Crippen molar-refractivity contribution < 1.29 is 24.2 Å². The fourth-order valence-electron chi connectivity index (χ4n) is 3.44. The zero-order chi connectivity index (χ0) is 16.7. The second-order valence-corrected chi connectivity index (χ2v) is 6.99. The first kappa shape index (κ1) is 16.6. The van der Waals surface area contributed by atoms with E-state index in [0.717, 1.165) is 12.0 Å². The van der Waals surface area contributed by atoms with Gasteiger partial charge in [0.25, 0.3) is 0 Å². The van der Waals surface area contributed by atoms with Gasteiger partial charge in [0.2, 0.25) is 0 Å². The van der Waals surface area contributed by atoms with Crippen LogP contribution in [0.25, 0.3) is 0 Å². The number of carbonyl (C=O) groups excluding carboxylic acids is 2. The quantitative estimate of drug-likeness (QED) is 0.595. The smallest absolute Gasteiger partial charge is 0.411 e. The Morgan fingerprint density at radius 2 is 1.91 bits per heavy atom. The molecule has 0 aliphatic carbocycles. The normalized spacial score (nSPS) is 30.0. The average molecular weight is 311 g/mol. The van der Waals surface area contributed by atoms with Crippen molar-refractivity contribution in [2.45, 2.75) is 64.6 Å². The molecule has 124 valence electrons. The third kappa shape index (κ3) is 3.05. The molecule has 2 aliphatic heterocycles. The summed E-state index contributed by atoms with van der Waals surface area (Å²) in [5, 5.41) is 9.95.